The van der Waals surface area contributed by atoms with Crippen LogP contribution in [0.5, 0.6) is 11.8 Å². The monoisotopic (exact) mass is 655 g/mol. The van der Waals surface area contributed by atoms with E-state index in [9.17, 15) is 44.4 Å². The molecule has 2 atom stereocenters. The van der Waals surface area contributed by atoms with E-state index in [1.165, 1.54) is 31.4 Å². The number of fused-ring (bicyclic) bond motifs is 1. The first-order valence-corrected chi connectivity index (χ1v) is 14.4. The first-order chi connectivity index (χ1) is 21.8. The molecule has 0 fully saturated rings. The highest BCUT2D eigenvalue weighted by Gasteiger charge is 2.25. The van der Waals surface area contributed by atoms with Crippen molar-refractivity contribution < 1.29 is 39.6 Å². The number of anilines is 2. The number of aromatic hydroxyl groups is 2. The molecule has 242 valence electrons. The number of H-pyrrole nitrogens is 1. The number of aromatic amines is 1. The van der Waals surface area contributed by atoms with Crippen LogP contribution in [0, 0.1) is 0 Å². The van der Waals surface area contributed by atoms with Gasteiger partial charge in [0.2, 0.25) is 17.7 Å². The number of hydrogen-bond acceptors (Lipinski definition) is 13. The zero-order chi connectivity index (χ0) is 33.5. The molecule has 0 radical (unpaired) electrons. The predicted molar refractivity (Wildman–Crippen MR) is 163 cm³/mol. The average molecular weight is 656 g/mol. The molecule has 0 aliphatic heterocycles. The number of nitrogen functional groups attached to an aromatic ring is 1. The third kappa shape index (κ3) is 8.20. The number of thioether (sulfide) groups is 1. The van der Waals surface area contributed by atoms with Crippen LogP contribution < -0.4 is 27.2 Å². The fourth-order valence-electron chi connectivity index (χ4n) is 4.04. The Bertz CT molecular complexity index is 1840. The number of rotatable bonds is 14. The molecule has 46 heavy (non-hydrogen) atoms. The molecule has 10 N–H and O–H groups in total. The summed E-state index contributed by atoms with van der Waals surface area (Å²) in [7, 11) is 1.40. The molecule has 3 aromatic heterocycles. The summed E-state index contributed by atoms with van der Waals surface area (Å²) in [5.41, 5.74) is 6.26. The number of carboxylic acid groups (broad SMARTS) is 2. The van der Waals surface area contributed by atoms with E-state index < -0.39 is 47.8 Å². The quantitative estimate of drug-likeness (QED) is 0.0807. The number of aliphatic carboxylic acids is 2. The van der Waals surface area contributed by atoms with Crippen molar-refractivity contribution in [2.75, 3.05) is 16.8 Å². The summed E-state index contributed by atoms with van der Waals surface area (Å²) in [6.45, 7) is 0.182. The van der Waals surface area contributed by atoms with E-state index >= 15 is 0 Å². The Kier molecular flexibility index (Phi) is 10.3. The van der Waals surface area contributed by atoms with Crippen molar-refractivity contribution in [3.63, 3.8) is 0 Å². The van der Waals surface area contributed by atoms with E-state index in [4.69, 9.17) is 5.73 Å². The molecule has 19 heteroatoms. The van der Waals surface area contributed by atoms with Crippen molar-refractivity contribution in [1.29, 1.82) is 0 Å². The highest BCUT2D eigenvalue weighted by atomic mass is 32.2. The number of carboxylic acids is 2. The lowest BCUT2D eigenvalue weighted by atomic mass is 10.1. The van der Waals surface area contributed by atoms with Crippen molar-refractivity contribution in [2.24, 2.45) is 7.05 Å². The van der Waals surface area contributed by atoms with Gasteiger partial charge in [-0.2, -0.15) is 4.98 Å². The minimum absolute atomic E-state index is 0.0257. The molecule has 2 amide bonds. The second-order valence-corrected chi connectivity index (χ2v) is 10.9. The smallest absolute Gasteiger partial charge is 0.327 e. The molecule has 0 aliphatic rings. The highest BCUT2D eigenvalue weighted by Crippen LogP contribution is 2.34. The van der Waals surface area contributed by atoms with Crippen LogP contribution in [0.1, 0.15) is 28.9 Å². The summed E-state index contributed by atoms with van der Waals surface area (Å²) in [6.07, 6.45) is 0.703. The minimum Gasteiger partial charge on any atom is -0.494 e. The maximum absolute atomic E-state index is 12.7. The van der Waals surface area contributed by atoms with Crippen LogP contribution in [0.2, 0.25) is 0 Å². The van der Waals surface area contributed by atoms with Crippen LogP contribution in [0.4, 0.5) is 11.6 Å². The molecule has 0 spiro atoms. The Balaban J connectivity index is 1.28. The Labute approximate surface area is 263 Å². The van der Waals surface area contributed by atoms with E-state index in [-0.39, 0.29) is 58.0 Å². The lowest BCUT2D eigenvalue weighted by molar-refractivity contribution is -0.142. The number of nitrogens with one attached hydrogen (secondary N) is 4. The normalized spacial score (nSPS) is 12.3. The van der Waals surface area contributed by atoms with Gasteiger partial charge >= 0.3 is 11.9 Å². The number of carbonyl (C=O) groups is 4. The number of amides is 2. The molecule has 0 aliphatic carbocycles. The van der Waals surface area contributed by atoms with Gasteiger partial charge in [-0.05, 0) is 30.7 Å². The topological polar surface area (TPSA) is 288 Å². The van der Waals surface area contributed by atoms with E-state index in [1.807, 2.05) is 0 Å². The Hall–Kier alpha value is -5.85. The molecular formula is C27H29N9O9S. The van der Waals surface area contributed by atoms with Crippen LogP contribution in [-0.2, 0) is 28.0 Å². The van der Waals surface area contributed by atoms with E-state index in [2.05, 4.69) is 35.9 Å². The molecule has 0 saturated heterocycles. The largest absolute Gasteiger partial charge is 0.494 e. The van der Waals surface area contributed by atoms with Gasteiger partial charge in [0, 0.05) is 36.5 Å². The summed E-state index contributed by atoms with van der Waals surface area (Å²) < 4.78 is 1.09. The van der Waals surface area contributed by atoms with Crippen molar-refractivity contribution >= 4 is 58.3 Å². The van der Waals surface area contributed by atoms with E-state index in [1.54, 1.807) is 12.1 Å². The molecule has 0 unspecified atom stereocenters. The van der Waals surface area contributed by atoms with Crippen molar-refractivity contribution in [3.8, 4) is 11.8 Å². The number of benzene rings is 1. The number of nitrogens with zero attached hydrogens (tertiary/aromatic N) is 4. The highest BCUT2D eigenvalue weighted by molar-refractivity contribution is 7.99. The lowest BCUT2D eigenvalue weighted by Crippen LogP contribution is -2.44. The molecule has 4 rings (SSSR count). The van der Waals surface area contributed by atoms with Gasteiger partial charge in [0.25, 0.3) is 11.5 Å². The summed E-state index contributed by atoms with van der Waals surface area (Å²) in [4.78, 5) is 75.4. The van der Waals surface area contributed by atoms with Gasteiger partial charge in [-0.25, -0.2) is 19.6 Å². The second kappa shape index (κ2) is 14.3. The number of nitrogens with two attached hydrogens (primary N) is 1. The molecule has 3 heterocycles. The van der Waals surface area contributed by atoms with Crippen molar-refractivity contribution in [3.05, 3.63) is 58.1 Å². The maximum atomic E-state index is 12.7. The van der Waals surface area contributed by atoms with Gasteiger partial charge in [-0.1, -0.05) is 0 Å². The number of aromatic nitrogens is 5. The lowest BCUT2D eigenvalue weighted by Gasteiger charge is -2.17. The third-order valence-corrected chi connectivity index (χ3v) is 7.66. The van der Waals surface area contributed by atoms with Gasteiger partial charge in [0.05, 0.1) is 23.3 Å². The second-order valence-electron chi connectivity index (χ2n) is 9.84. The summed E-state index contributed by atoms with van der Waals surface area (Å²) in [5, 5.41) is 46.4. The summed E-state index contributed by atoms with van der Waals surface area (Å²) in [5.74, 6) is -4.99. The van der Waals surface area contributed by atoms with Crippen molar-refractivity contribution in [1.82, 2.24) is 35.1 Å². The summed E-state index contributed by atoms with van der Waals surface area (Å²) >= 11 is 0.893. The van der Waals surface area contributed by atoms with Gasteiger partial charge in [0.1, 0.15) is 12.1 Å². The average Bonchev–Trinajstić information content (AvgIpc) is 3.26. The number of hydrogen-bond donors (Lipinski definition) is 9. The van der Waals surface area contributed by atoms with Crippen LogP contribution in [0.25, 0.3) is 11.2 Å². The van der Waals surface area contributed by atoms with E-state index in [0.29, 0.717) is 11.4 Å². The van der Waals surface area contributed by atoms with Gasteiger partial charge in [-0.15, -0.1) is 11.8 Å². The first kappa shape index (κ1) is 33.1. The molecule has 0 saturated carbocycles. The van der Waals surface area contributed by atoms with E-state index in [0.717, 1.165) is 16.3 Å². The zero-order valence-corrected chi connectivity index (χ0v) is 24.9. The molecule has 4 aromatic rings. The Morgan fingerprint density at radius 2 is 1.74 bits per heavy atom. The van der Waals surface area contributed by atoms with Gasteiger partial charge < -0.3 is 42.1 Å². The van der Waals surface area contributed by atoms with Gasteiger partial charge in [-0.3, -0.25) is 23.9 Å². The van der Waals surface area contributed by atoms with Crippen LogP contribution >= 0.6 is 11.8 Å². The third-order valence-electron chi connectivity index (χ3n) is 6.55. The first-order valence-electron chi connectivity index (χ1n) is 13.4. The fraction of sp³-hybridized carbons (Fsp3) is 0.259. The van der Waals surface area contributed by atoms with Crippen LogP contribution in [0.15, 0.2) is 46.2 Å². The Morgan fingerprint density at radius 1 is 1.04 bits per heavy atom. The van der Waals surface area contributed by atoms with Crippen molar-refractivity contribution in [2.45, 2.75) is 36.4 Å². The van der Waals surface area contributed by atoms with Crippen LogP contribution in [0.3, 0.4) is 0 Å². The maximum Gasteiger partial charge on any atom is 0.327 e. The SMILES string of the molecule is Cn1c(O)cc(SC[C@H](NC(=O)CC[C@H](NC(=O)c2ccc(NCc3cnc4nc(N)[nH]c(=O)c4n3)cc2)C(=O)O)C(=O)O)c1O. The molecule has 1 aromatic carbocycles. The van der Waals surface area contributed by atoms with Gasteiger partial charge in [0.15, 0.2) is 17.0 Å². The molecule has 0 bridgehead atoms. The molecular weight excluding hydrogens is 626 g/mol. The molecule has 18 nitrogen and oxygen atoms in total. The zero-order valence-electron chi connectivity index (χ0n) is 24.1. The minimum atomic E-state index is -1.45. The fourth-order valence-corrected chi connectivity index (χ4v) is 5.06. The standard InChI is InChI=1S/C27H29N9O9S/c1-36-19(38)8-17(24(36)41)46-11-16(26(44)45)32-18(37)7-6-15(25(42)43)33-22(39)12-2-4-13(5-3-12)29-9-14-10-30-21-20(31-14)23(40)35-27(28)34-21/h2-5,8,10,15-16,29,38,41H,6-7,9,11H2,1H3,(H,32,37)(H,33,39)(H,42,43)(H,44,45)(H3,28,30,34,35,40)/t15-,16-/m0/s1. The number of carbonyl (C=O) groups excluding carboxylic acids is 2. The predicted octanol–water partition coefficient (Wildman–Crippen LogP) is -0.0180. The van der Waals surface area contributed by atoms with Crippen LogP contribution in [-0.4, -0.2) is 86.5 Å². The summed E-state index contributed by atoms with van der Waals surface area (Å²) in [6, 6.07) is 4.46. The Morgan fingerprint density at radius 3 is 2.37 bits per heavy atom.